The molecule has 0 amide bonds. The van der Waals surface area contributed by atoms with Gasteiger partial charge in [-0.15, -0.1) is 0 Å². The van der Waals surface area contributed by atoms with E-state index in [1.165, 1.54) is 11.1 Å². The number of alkyl halides is 1. The van der Waals surface area contributed by atoms with Gasteiger partial charge in [-0.3, -0.25) is 0 Å². The smallest absolute Gasteiger partial charge is 0.102 e. The molecule has 15 heavy (non-hydrogen) atoms. The second-order valence-corrected chi connectivity index (χ2v) is 3.98. The number of nitrogens with one attached hydrogen (secondary N) is 1. The highest BCUT2D eigenvalue weighted by Crippen LogP contribution is 2.22. The first kappa shape index (κ1) is 12.6. The van der Waals surface area contributed by atoms with Crippen molar-refractivity contribution in [1.82, 2.24) is 5.32 Å². The molecule has 2 rings (SSSR count). The van der Waals surface area contributed by atoms with E-state index in [-0.39, 0.29) is 6.04 Å². The lowest BCUT2D eigenvalue weighted by Crippen LogP contribution is -2.29. The Kier molecular flexibility index (Phi) is 5.20. The lowest BCUT2D eigenvalue weighted by Gasteiger charge is -2.23. The van der Waals surface area contributed by atoms with E-state index in [1.54, 1.807) is 0 Å². The Hall–Kier alpha value is -0.470. The molecule has 1 heterocycles. The van der Waals surface area contributed by atoms with Crippen molar-refractivity contribution in [2.75, 3.05) is 5.33 Å². The molecule has 1 atom stereocenters. The molecule has 0 aromatic heterocycles. The highest BCUT2D eigenvalue weighted by Gasteiger charge is 2.16. The van der Waals surface area contributed by atoms with Crippen LogP contribution in [-0.2, 0) is 0 Å². The van der Waals surface area contributed by atoms with Crippen LogP contribution < -0.4 is 5.32 Å². The van der Waals surface area contributed by atoms with Gasteiger partial charge in [-0.2, -0.15) is 0 Å². The van der Waals surface area contributed by atoms with Gasteiger partial charge in [0.25, 0.3) is 0 Å². The summed E-state index contributed by atoms with van der Waals surface area (Å²) in [4.78, 5) is 0. The van der Waals surface area contributed by atoms with Crippen LogP contribution in [0.1, 0.15) is 13.8 Å². The number of rotatable bonds is 1. The van der Waals surface area contributed by atoms with Crippen LogP contribution in [0.25, 0.3) is 0 Å². The molecule has 1 N–H and O–H groups in total. The maximum Gasteiger partial charge on any atom is 0.102 e. The van der Waals surface area contributed by atoms with Crippen molar-refractivity contribution in [3.63, 3.8) is 0 Å². The van der Waals surface area contributed by atoms with E-state index >= 15 is 0 Å². The van der Waals surface area contributed by atoms with Crippen LogP contribution in [0, 0.1) is 0 Å². The quantitative estimate of drug-likeness (QED) is 0.570. The minimum Gasteiger partial charge on any atom is -0.366 e. The van der Waals surface area contributed by atoms with Gasteiger partial charge < -0.3 is 5.32 Å². The van der Waals surface area contributed by atoms with Crippen LogP contribution in [-0.4, -0.2) is 11.4 Å². The number of fused-ring (bicyclic) bond motifs is 1. The third-order valence-corrected chi connectivity index (χ3v) is 2.97. The van der Waals surface area contributed by atoms with E-state index in [9.17, 15) is 0 Å². The number of hydrogen-bond acceptors (Lipinski definition) is 1. The fourth-order valence-corrected chi connectivity index (χ4v) is 1.94. The SMILES string of the molecule is CC.ClC1=CC=C2C=C(CBr)C=CC2N1. The van der Waals surface area contributed by atoms with Gasteiger partial charge in [0.05, 0.1) is 6.04 Å². The van der Waals surface area contributed by atoms with Crippen LogP contribution in [0.4, 0.5) is 0 Å². The molecule has 1 unspecified atom stereocenters. The van der Waals surface area contributed by atoms with Gasteiger partial charge in [0, 0.05) is 5.33 Å². The zero-order valence-electron chi connectivity index (χ0n) is 8.93. The Morgan fingerprint density at radius 3 is 2.80 bits per heavy atom. The highest BCUT2D eigenvalue weighted by molar-refractivity contribution is 9.09. The van der Waals surface area contributed by atoms with E-state index in [1.807, 2.05) is 19.9 Å². The van der Waals surface area contributed by atoms with Gasteiger partial charge in [0.1, 0.15) is 5.16 Å². The predicted octanol–water partition coefficient (Wildman–Crippen LogP) is 3.88. The third-order valence-electron chi connectivity index (χ3n) is 2.08. The molecule has 0 saturated carbocycles. The summed E-state index contributed by atoms with van der Waals surface area (Å²) in [7, 11) is 0. The maximum atomic E-state index is 5.85. The molecule has 82 valence electrons. The molecule has 0 saturated heterocycles. The standard InChI is InChI=1S/C10H9BrClN.C2H6/c11-6-7-1-3-9-8(5-7)2-4-10(12)13-9;1-2/h1-5,9,13H,6H2;1-2H3. The Labute approximate surface area is 105 Å². The molecule has 0 radical (unpaired) electrons. The van der Waals surface area contributed by atoms with Crippen molar-refractivity contribution >= 4 is 27.5 Å². The zero-order chi connectivity index (χ0) is 11.3. The van der Waals surface area contributed by atoms with Gasteiger partial charge in [0.2, 0.25) is 0 Å². The van der Waals surface area contributed by atoms with E-state index in [0.29, 0.717) is 5.16 Å². The normalized spacial score (nSPS) is 22.4. The van der Waals surface area contributed by atoms with E-state index in [0.717, 1.165) is 5.33 Å². The second kappa shape index (κ2) is 6.19. The van der Waals surface area contributed by atoms with Gasteiger partial charge in [0.15, 0.2) is 0 Å². The molecule has 1 aliphatic carbocycles. The van der Waals surface area contributed by atoms with Crippen molar-refractivity contribution in [2.45, 2.75) is 19.9 Å². The summed E-state index contributed by atoms with van der Waals surface area (Å²) >= 11 is 9.28. The van der Waals surface area contributed by atoms with E-state index in [2.05, 4.69) is 45.6 Å². The first-order valence-corrected chi connectivity index (χ1v) is 6.58. The van der Waals surface area contributed by atoms with Gasteiger partial charge in [-0.1, -0.05) is 65.7 Å². The molecule has 1 aliphatic heterocycles. The van der Waals surface area contributed by atoms with Gasteiger partial charge in [-0.25, -0.2) is 0 Å². The number of dihydropyridines is 1. The summed E-state index contributed by atoms with van der Waals surface area (Å²) in [6, 6.07) is 0.250. The number of hydrogen-bond donors (Lipinski definition) is 1. The monoisotopic (exact) mass is 287 g/mol. The highest BCUT2D eigenvalue weighted by atomic mass is 79.9. The average molecular weight is 289 g/mol. The Morgan fingerprint density at radius 2 is 2.13 bits per heavy atom. The fraction of sp³-hybridized carbons (Fsp3) is 0.333. The summed E-state index contributed by atoms with van der Waals surface area (Å²) in [5.74, 6) is 0. The van der Waals surface area contributed by atoms with Crippen LogP contribution in [0.2, 0.25) is 0 Å². The number of allylic oxidation sites excluding steroid dienone is 4. The maximum absolute atomic E-state index is 5.85. The molecule has 0 bridgehead atoms. The topological polar surface area (TPSA) is 12.0 Å². The van der Waals surface area contributed by atoms with Crippen LogP contribution in [0.15, 0.2) is 46.7 Å². The zero-order valence-corrected chi connectivity index (χ0v) is 11.3. The van der Waals surface area contributed by atoms with Crippen LogP contribution in [0.3, 0.4) is 0 Å². The molecular formula is C12H15BrClN. The van der Waals surface area contributed by atoms with Gasteiger partial charge in [-0.05, 0) is 17.2 Å². The average Bonchev–Trinajstić information content (AvgIpc) is 2.31. The molecule has 0 aromatic carbocycles. The van der Waals surface area contributed by atoms with Crippen molar-refractivity contribution in [2.24, 2.45) is 0 Å². The first-order valence-electron chi connectivity index (χ1n) is 5.08. The Bertz CT molecular complexity index is 340. The summed E-state index contributed by atoms with van der Waals surface area (Å²) in [6.07, 6.45) is 10.3. The lowest BCUT2D eigenvalue weighted by molar-refractivity contribution is 0.778. The molecule has 0 fully saturated rings. The second-order valence-electron chi connectivity index (χ2n) is 3.02. The molecule has 1 nitrogen and oxygen atoms in total. The molecule has 0 aromatic rings. The summed E-state index contributed by atoms with van der Waals surface area (Å²) in [5.41, 5.74) is 2.55. The van der Waals surface area contributed by atoms with Crippen molar-refractivity contribution < 1.29 is 0 Å². The van der Waals surface area contributed by atoms with Crippen molar-refractivity contribution in [1.29, 1.82) is 0 Å². The van der Waals surface area contributed by atoms with E-state index < -0.39 is 0 Å². The summed E-state index contributed by atoms with van der Waals surface area (Å²) < 4.78 is 0. The van der Waals surface area contributed by atoms with Crippen molar-refractivity contribution in [3.8, 4) is 0 Å². The summed E-state index contributed by atoms with van der Waals surface area (Å²) in [6.45, 7) is 4.00. The molecule has 3 heteroatoms. The first-order chi connectivity index (χ1) is 7.29. The lowest BCUT2D eigenvalue weighted by atomic mass is 9.96. The minimum atomic E-state index is 0.250. The summed E-state index contributed by atoms with van der Waals surface area (Å²) in [5, 5.41) is 4.77. The van der Waals surface area contributed by atoms with Gasteiger partial charge >= 0.3 is 0 Å². The van der Waals surface area contributed by atoms with Crippen LogP contribution in [0.5, 0.6) is 0 Å². The largest absolute Gasteiger partial charge is 0.366 e. The number of halogens is 2. The molecular weight excluding hydrogens is 273 g/mol. The van der Waals surface area contributed by atoms with E-state index in [4.69, 9.17) is 11.6 Å². The third kappa shape index (κ3) is 3.25. The Morgan fingerprint density at radius 1 is 1.40 bits per heavy atom. The Balaban J connectivity index is 0.000000531. The minimum absolute atomic E-state index is 0.250. The fourth-order valence-electron chi connectivity index (χ4n) is 1.42. The van der Waals surface area contributed by atoms with Crippen LogP contribution >= 0.6 is 27.5 Å². The molecule has 2 aliphatic rings. The molecule has 0 spiro atoms. The van der Waals surface area contributed by atoms with Crippen molar-refractivity contribution in [3.05, 3.63) is 46.7 Å². The predicted molar refractivity (Wildman–Crippen MR) is 71.3 cm³/mol.